The molecule has 3 aromatic rings. The van der Waals surface area contributed by atoms with Crippen LogP contribution in [0.2, 0.25) is 0 Å². The number of carbonyl (C=O) groups excluding carboxylic acids is 2. The zero-order chi connectivity index (χ0) is 21.6. The number of nitrogens with zero attached hydrogens (tertiary/aromatic N) is 1. The fraction of sp³-hybridized carbons (Fsp3) is 0.308. The Hall–Kier alpha value is -3.18. The van der Waals surface area contributed by atoms with E-state index in [4.69, 9.17) is 0 Å². The number of hydrogen-bond acceptors (Lipinski definition) is 3. The summed E-state index contributed by atoms with van der Waals surface area (Å²) in [6, 6.07) is 21.8. The molecular formula is C26H29N3O2. The van der Waals surface area contributed by atoms with E-state index in [1.165, 1.54) is 0 Å². The summed E-state index contributed by atoms with van der Waals surface area (Å²) in [6.45, 7) is 5.21. The first-order valence-electron chi connectivity index (χ1n) is 11.0. The zero-order valence-electron chi connectivity index (χ0n) is 17.9. The average Bonchev–Trinajstić information content (AvgIpc) is 2.82. The fourth-order valence-electron chi connectivity index (χ4n) is 4.25. The highest BCUT2D eigenvalue weighted by molar-refractivity contribution is 5.96. The minimum atomic E-state index is -0.130. The lowest BCUT2D eigenvalue weighted by molar-refractivity contribution is -0.131. The zero-order valence-corrected chi connectivity index (χ0v) is 17.9. The SMILES string of the molecule is C[C@@H](NC(=O)c1ccccc1CCC(=O)N1CCNCC1)c1cccc2ccccc12. The van der Waals surface area contributed by atoms with Crippen LogP contribution in [-0.4, -0.2) is 42.9 Å². The number of benzene rings is 3. The summed E-state index contributed by atoms with van der Waals surface area (Å²) in [6.07, 6.45) is 0.984. The van der Waals surface area contributed by atoms with E-state index >= 15 is 0 Å². The highest BCUT2D eigenvalue weighted by Gasteiger charge is 2.19. The van der Waals surface area contributed by atoms with Crippen LogP contribution in [0.5, 0.6) is 0 Å². The van der Waals surface area contributed by atoms with Crippen LogP contribution in [-0.2, 0) is 11.2 Å². The van der Waals surface area contributed by atoms with Crippen molar-refractivity contribution >= 4 is 22.6 Å². The molecule has 4 rings (SSSR count). The molecule has 1 aliphatic rings. The molecule has 3 aromatic carbocycles. The molecule has 2 amide bonds. The standard InChI is InChI=1S/C26H29N3O2/c1-19(22-12-6-9-20-7-2-4-10-23(20)22)28-26(31)24-11-5-3-8-21(24)13-14-25(30)29-17-15-27-16-18-29/h2-12,19,27H,13-18H2,1H3,(H,28,31)/t19-/m1/s1. The first kappa shape index (κ1) is 21.1. The van der Waals surface area contributed by atoms with Crippen molar-refractivity contribution in [2.45, 2.75) is 25.8 Å². The Kier molecular flexibility index (Phi) is 6.63. The lowest BCUT2D eigenvalue weighted by atomic mass is 9.98. The largest absolute Gasteiger partial charge is 0.345 e. The molecule has 0 saturated carbocycles. The molecule has 160 valence electrons. The van der Waals surface area contributed by atoms with Crippen LogP contribution in [0.25, 0.3) is 10.8 Å². The van der Waals surface area contributed by atoms with E-state index in [1.807, 2.05) is 54.3 Å². The number of carbonyl (C=O) groups is 2. The maximum atomic E-state index is 13.1. The summed E-state index contributed by atoms with van der Waals surface area (Å²) < 4.78 is 0. The number of fused-ring (bicyclic) bond motifs is 1. The Morgan fingerprint density at radius 3 is 2.52 bits per heavy atom. The quantitative estimate of drug-likeness (QED) is 0.645. The minimum Gasteiger partial charge on any atom is -0.345 e. The Morgan fingerprint density at radius 2 is 1.68 bits per heavy atom. The summed E-state index contributed by atoms with van der Waals surface area (Å²) in [5.41, 5.74) is 2.65. The van der Waals surface area contributed by atoms with Crippen molar-refractivity contribution in [1.29, 1.82) is 0 Å². The highest BCUT2D eigenvalue weighted by Crippen LogP contribution is 2.24. The monoisotopic (exact) mass is 415 g/mol. The molecule has 5 nitrogen and oxygen atoms in total. The fourth-order valence-corrected chi connectivity index (χ4v) is 4.25. The van der Waals surface area contributed by atoms with Crippen molar-refractivity contribution in [3.8, 4) is 0 Å². The van der Waals surface area contributed by atoms with Gasteiger partial charge in [0.1, 0.15) is 0 Å². The van der Waals surface area contributed by atoms with Gasteiger partial charge in [-0.3, -0.25) is 9.59 Å². The van der Waals surface area contributed by atoms with E-state index in [-0.39, 0.29) is 17.9 Å². The molecule has 1 aliphatic heterocycles. The smallest absolute Gasteiger partial charge is 0.252 e. The number of hydrogen-bond donors (Lipinski definition) is 2. The van der Waals surface area contributed by atoms with Gasteiger partial charge < -0.3 is 15.5 Å². The van der Waals surface area contributed by atoms with Crippen molar-refractivity contribution in [1.82, 2.24) is 15.5 Å². The van der Waals surface area contributed by atoms with Crippen LogP contribution >= 0.6 is 0 Å². The molecule has 1 saturated heterocycles. The van der Waals surface area contributed by atoms with Crippen LogP contribution in [0.15, 0.2) is 66.7 Å². The van der Waals surface area contributed by atoms with Gasteiger partial charge in [-0.1, -0.05) is 60.7 Å². The molecule has 1 fully saturated rings. The minimum absolute atomic E-state index is 0.106. The number of aryl methyl sites for hydroxylation is 1. The number of nitrogens with one attached hydrogen (secondary N) is 2. The Bertz CT molecular complexity index is 1070. The van der Waals surface area contributed by atoms with Gasteiger partial charge in [-0.05, 0) is 41.3 Å². The van der Waals surface area contributed by atoms with Gasteiger partial charge in [0.15, 0.2) is 0 Å². The maximum absolute atomic E-state index is 13.1. The van der Waals surface area contributed by atoms with Gasteiger partial charge in [0.25, 0.3) is 5.91 Å². The van der Waals surface area contributed by atoms with Gasteiger partial charge in [-0.2, -0.15) is 0 Å². The van der Waals surface area contributed by atoms with E-state index in [1.54, 1.807) is 0 Å². The first-order chi connectivity index (χ1) is 15.1. The highest BCUT2D eigenvalue weighted by atomic mass is 16.2. The average molecular weight is 416 g/mol. The Balaban J connectivity index is 1.45. The molecule has 0 bridgehead atoms. The lowest BCUT2D eigenvalue weighted by Crippen LogP contribution is -2.46. The third-order valence-corrected chi connectivity index (χ3v) is 5.98. The van der Waals surface area contributed by atoms with Crippen LogP contribution in [0.4, 0.5) is 0 Å². The van der Waals surface area contributed by atoms with Gasteiger partial charge >= 0.3 is 0 Å². The predicted molar refractivity (Wildman–Crippen MR) is 124 cm³/mol. The summed E-state index contributed by atoms with van der Waals surface area (Å²) >= 11 is 0. The van der Waals surface area contributed by atoms with Crippen molar-refractivity contribution < 1.29 is 9.59 Å². The lowest BCUT2D eigenvalue weighted by Gasteiger charge is -2.27. The van der Waals surface area contributed by atoms with E-state index < -0.39 is 0 Å². The molecular weight excluding hydrogens is 386 g/mol. The number of amides is 2. The molecule has 0 unspecified atom stereocenters. The van der Waals surface area contributed by atoms with Crippen molar-refractivity contribution in [3.05, 3.63) is 83.4 Å². The third-order valence-electron chi connectivity index (χ3n) is 5.98. The third kappa shape index (κ3) is 4.94. The molecule has 0 radical (unpaired) electrons. The molecule has 1 heterocycles. The molecule has 0 aromatic heterocycles. The second-order valence-corrected chi connectivity index (χ2v) is 8.05. The normalized spacial score (nSPS) is 14.9. The second kappa shape index (κ2) is 9.75. The van der Waals surface area contributed by atoms with Gasteiger partial charge in [0, 0.05) is 38.2 Å². The van der Waals surface area contributed by atoms with Crippen molar-refractivity contribution in [2.75, 3.05) is 26.2 Å². The van der Waals surface area contributed by atoms with Crippen LogP contribution < -0.4 is 10.6 Å². The van der Waals surface area contributed by atoms with E-state index in [2.05, 4.69) is 34.9 Å². The first-order valence-corrected chi connectivity index (χ1v) is 11.0. The van der Waals surface area contributed by atoms with E-state index in [9.17, 15) is 9.59 Å². The number of rotatable bonds is 6. The van der Waals surface area contributed by atoms with E-state index in [0.717, 1.165) is 48.1 Å². The molecule has 0 aliphatic carbocycles. The molecule has 1 atom stereocenters. The number of piperazine rings is 1. The van der Waals surface area contributed by atoms with Gasteiger partial charge in [0.05, 0.1) is 6.04 Å². The van der Waals surface area contributed by atoms with Crippen LogP contribution in [0.3, 0.4) is 0 Å². The van der Waals surface area contributed by atoms with Gasteiger partial charge in [-0.15, -0.1) is 0 Å². The van der Waals surface area contributed by atoms with Crippen molar-refractivity contribution in [2.24, 2.45) is 0 Å². The second-order valence-electron chi connectivity index (χ2n) is 8.05. The Labute approximate surface area is 183 Å². The summed E-state index contributed by atoms with van der Waals surface area (Å²) in [7, 11) is 0. The topological polar surface area (TPSA) is 61.4 Å². The molecule has 5 heteroatoms. The summed E-state index contributed by atoms with van der Waals surface area (Å²) in [5.74, 6) is 0.0477. The molecule has 2 N–H and O–H groups in total. The van der Waals surface area contributed by atoms with Gasteiger partial charge in [0.2, 0.25) is 5.91 Å². The van der Waals surface area contributed by atoms with E-state index in [0.29, 0.717) is 18.4 Å². The molecule has 31 heavy (non-hydrogen) atoms. The summed E-state index contributed by atoms with van der Waals surface area (Å²) in [4.78, 5) is 27.6. The molecule has 0 spiro atoms. The van der Waals surface area contributed by atoms with Crippen LogP contribution in [0, 0.1) is 0 Å². The summed E-state index contributed by atoms with van der Waals surface area (Å²) in [5, 5.41) is 8.72. The maximum Gasteiger partial charge on any atom is 0.252 e. The van der Waals surface area contributed by atoms with Crippen LogP contribution in [0.1, 0.15) is 40.9 Å². The van der Waals surface area contributed by atoms with Gasteiger partial charge in [-0.25, -0.2) is 0 Å². The Morgan fingerprint density at radius 1 is 0.968 bits per heavy atom. The van der Waals surface area contributed by atoms with Crippen molar-refractivity contribution in [3.63, 3.8) is 0 Å². The predicted octanol–water partition coefficient (Wildman–Crippen LogP) is 3.70.